The van der Waals surface area contributed by atoms with Crippen LogP contribution in [-0.2, 0) is 4.79 Å². The van der Waals surface area contributed by atoms with Crippen LogP contribution in [0, 0.1) is 0 Å². The van der Waals surface area contributed by atoms with Crippen molar-refractivity contribution >= 4 is 34.7 Å². The first-order valence-electron chi connectivity index (χ1n) is 8.52. The van der Waals surface area contributed by atoms with Crippen LogP contribution in [0.2, 0.25) is 5.02 Å². The van der Waals surface area contributed by atoms with E-state index in [0.717, 1.165) is 24.2 Å². The van der Waals surface area contributed by atoms with Gasteiger partial charge in [-0.1, -0.05) is 18.5 Å². The summed E-state index contributed by atoms with van der Waals surface area (Å²) >= 11 is 11.8. The summed E-state index contributed by atoms with van der Waals surface area (Å²) in [5.74, 6) is 0.712. The number of thiocarbonyl (C=S) groups is 1. The summed E-state index contributed by atoms with van der Waals surface area (Å²) in [6, 6.07) is 5.10. The van der Waals surface area contributed by atoms with E-state index in [1.54, 1.807) is 13.0 Å². The number of nitrogens with one attached hydrogen (secondary N) is 1. The van der Waals surface area contributed by atoms with Gasteiger partial charge in [-0.2, -0.15) is 0 Å². The number of allylic oxidation sites excluding steroid dienone is 1. The molecule has 2 rings (SSSR count). The molecule has 6 heteroatoms. The number of nitrogens with zero attached hydrogens (tertiary/aromatic N) is 1. The molecule has 0 aliphatic carbocycles. The highest BCUT2D eigenvalue weighted by Gasteiger charge is 2.33. The van der Waals surface area contributed by atoms with Crippen LogP contribution in [0.5, 0.6) is 5.75 Å². The molecule has 1 atom stereocenters. The minimum absolute atomic E-state index is 0.00840. The summed E-state index contributed by atoms with van der Waals surface area (Å²) in [7, 11) is 0. The number of hydrogen-bond donors (Lipinski definition) is 1. The molecule has 0 fully saturated rings. The fourth-order valence-electron chi connectivity index (χ4n) is 3.07. The summed E-state index contributed by atoms with van der Waals surface area (Å²) in [4.78, 5) is 14.4. The molecule has 0 amide bonds. The zero-order valence-electron chi connectivity index (χ0n) is 15.4. The lowest BCUT2D eigenvalue weighted by molar-refractivity contribution is -0.114. The molecule has 1 unspecified atom stereocenters. The lowest BCUT2D eigenvalue weighted by Crippen LogP contribution is -2.47. The molecule has 1 aliphatic rings. The van der Waals surface area contributed by atoms with Crippen molar-refractivity contribution in [2.75, 3.05) is 6.54 Å². The van der Waals surface area contributed by atoms with Crippen LogP contribution in [-0.4, -0.2) is 28.4 Å². The highest BCUT2D eigenvalue weighted by molar-refractivity contribution is 7.80. The van der Waals surface area contributed by atoms with Crippen LogP contribution in [0.15, 0.2) is 29.5 Å². The number of carbonyl (C=O) groups excluding carboxylic acids is 1. The van der Waals surface area contributed by atoms with Gasteiger partial charge in [-0.15, -0.1) is 0 Å². The molecular weight excluding hydrogens is 356 g/mol. The summed E-state index contributed by atoms with van der Waals surface area (Å²) in [6.07, 6.45) is 0.950. The quantitative estimate of drug-likeness (QED) is 0.728. The van der Waals surface area contributed by atoms with Crippen molar-refractivity contribution in [2.24, 2.45) is 0 Å². The zero-order valence-corrected chi connectivity index (χ0v) is 16.9. The Hall–Kier alpha value is -1.59. The number of carbonyl (C=O) groups is 1. The van der Waals surface area contributed by atoms with Gasteiger partial charge in [0.1, 0.15) is 5.75 Å². The monoisotopic (exact) mass is 380 g/mol. The number of hydrogen-bond acceptors (Lipinski definition) is 3. The Morgan fingerprint density at radius 2 is 2.12 bits per heavy atom. The van der Waals surface area contributed by atoms with Gasteiger partial charge in [0.15, 0.2) is 10.9 Å². The van der Waals surface area contributed by atoms with Gasteiger partial charge in [0.2, 0.25) is 0 Å². The maximum atomic E-state index is 12.4. The molecule has 1 N–H and O–H groups in total. The molecule has 0 bridgehead atoms. The summed E-state index contributed by atoms with van der Waals surface area (Å²) in [5.41, 5.74) is 2.40. The van der Waals surface area contributed by atoms with Crippen molar-refractivity contribution in [2.45, 2.75) is 53.2 Å². The largest absolute Gasteiger partial charge is 0.491 e. The van der Waals surface area contributed by atoms with Gasteiger partial charge in [0, 0.05) is 28.4 Å². The van der Waals surface area contributed by atoms with Gasteiger partial charge in [-0.3, -0.25) is 4.79 Å². The first kappa shape index (κ1) is 19.7. The molecule has 25 heavy (non-hydrogen) atoms. The molecule has 0 saturated heterocycles. The average molecular weight is 381 g/mol. The third kappa shape index (κ3) is 4.33. The predicted molar refractivity (Wildman–Crippen MR) is 106 cm³/mol. The molecule has 0 saturated carbocycles. The third-order valence-corrected chi connectivity index (χ3v) is 4.64. The van der Waals surface area contributed by atoms with Crippen LogP contribution in [0.1, 0.15) is 52.6 Å². The molecule has 1 heterocycles. The molecular formula is C19H25ClN2O2S. The topological polar surface area (TPSA) is 41.6 Å². The van der Waals surface area contributed by atoms with Gasteiger partial charge in [-0.05, 0) is 64.5 Å². The number of halogens is 1. The standard InChI is InChI=1S/C19H25ClN2O2S/c1-6-9-22-12(4)17(13(5)23)18(21-19(22)25)15-10-14(20)7-8-16(15)24-11(2)3/h7-8,10-11,18H,6,9H2,1-5H3,(H,21,25). The first-order chi connectivity index (χ1) is 11.8. The van der Waals surface area contributed by atoms with E-state index in [0.29, 0.717) is 21.5 Å². The molecule has 0 aromatic heterocycles. The maximum absolute atomic E-state index is 12.4. The van der Waals surface area contributed by atoms with Gasteiger partial charge < -0.3 is 15.0 Å². The lowest BCUT2D eigenvalue weighted by atomic mass is 9.92. The van der Waals surface area contributed by atoms with E-state index in [-0.39, 0.29) is 17.9 Å². The number of benzene rings is 1. The highest BCUT2D eigenvalue weighted by atomic mass is 35.5. The lowest BCUT2D eigenvalue weighted by Gasteiger charge is -2.38. The molecule has 1 aromatic rings. The van der Waals surface area contributed by atoms with Crippen molar-refractivity contribution in [3.8, 4) is 5.75 Å². The predicted octanol–water partition coefficient (Wildman–Crippen LogP) is 4.63. The van der Waals surface area contributed by atoms with Crippen molar-refractivity contribution < 1.29 is 9.53 Å². The van der Waals surface area contributed by atoms with E-state index < -0.39 is 0 Å². The molecule has 0 spiro atoms. The Morgan fingerprint density at radius 3 is 2.68 bits per heavy atom. The normalized spacial score (nSPS) is 17.8. The van der Waals surface area contributed by atoms with Crippen LogP contribution in [0.4, 0.5) is 0 Å². The first-order valence-corrected chi connectivity index (χ1v) is 9.30. The van der Waals surface area contributed by atoms with Gasteiger partial charge in [-0.25, -0.2) is 0 Å². The average Bonchev–Trinajstić information content (AvgIpc) is 2.51. The smallest absolute Gasteiger partial charge is 0.173 e. The van der Waals surface area contributed by atoms with Crippen LogP contribution < -0.4 is 10.1 Å². The Balaban J connectivity index is 2.59. The fourth-order valence-corrected chi connectivity index (χ4v) is 3.60. The number of ether oxygens (including phenoxy) is 1. The zero-order chi connectivity index (χ0) is 18.7. The molecule has 4 nitrogen and oxygen atoms in total. The summed E-state index contributed by atoms with van der Waals surface area (Å²) < 4.78 is 5.94. The minimum Gasteiger partial charge on any atom is -0.491 e. The van der Waals surface area contributed by atoms with Crippen molar-refractivity contribution in [1.29, 1.82) is 0 Å². The van der Waals surface area contributed by atoms with E-state index in [9.17, 15) is 4.79 Å². The van der Waals surface area contributed by atoms with Gasteiger partial charge in [0.05, 0.1) is 12.1 Å². The van der Waals surface area contributed by atoms with Crippen LogP contribution in [0.3, 0.4) is 0 Å². The van der Waals surface area contributed by atoms with E-state index in [4.69, 9.17) is 28.6 Å². The Kier molecular flexibility index (Phi) is 6.47. The van der Waals surface area contributed by atoms with Gasteiger partial charge in [0.25, 0.3) is 0 Å². The number of ketones is 1. The minimum atomic E-state index is -0.370. The molecule has 1 aromatic carbocycles. The number of Topliss-reactive ketones (excluding diaryl/α,β-unsaturated/α-hetero) is 1. The Morgan fingerprint density at radius 1 is 1.44 bits per heavy atom. The van der Waals surface area contributed by atoms with E-state index in [1.807, 2.05) is 37.8 Å². The Labute approximate surface area is 160 Å². The molecule has 0 radical (unpaired) electrons. The van der Waals surface area contributed by atoms with Crippen molar-refractivity contribution in [1.82, 2.24) is 10.2 Å². The van der Waals surface area contributed by atoms with E-state index >= 15 is 0 Å². The second-order valence-electron chi connectivity index (χ2n) is 6.44. The van der Waals surface area contributed by atoms with E-state index in [2.05, 4.69) is 12.2 Å². The van der Waals surface area contributed by atoms with Crippen molar-refractivity contribution in [3.63, 3.8) is 0 Å². The fraction of sp³-hybridized carbons (Fsp3) is 0.474. The second-order valence-corrected chi connectivity index (χ2v) is 7.26. The van der Waals surface area contributed by atoms with Crippen LogP contribution >= 0.6 is 23.8 Å². The Bertz CT molecular complexity index is 715. The summed E-state index contributed by atoms with van der Waals surface area (Å²) in [6.45, 7) is 10.3. The van der Waals surface area contributed by atoms with Crippen LogP contribution in [0.25, 0.3) is 0 Å². The maximum Gasteiger partial charge on any atom is 0.173 e. The highest BCUT2D eigenvalue weighted by Crippen LogP contribution is 2.37. The molecule has 136 valence electrons. The second kappa shape index (κ2) is 8.19. The molecule has 1 aliphatic heterocycles. The van der Waals surface area contributed by atoms with E-state index in [1.165, 1.54) is 0 Å². The summed E-state index contributed by atoms with van der Waals surface area (Å²) in [5, 5.41) is 4.52. The van der Waals surface area contributed by atoms with Crippen molar-refractivity contribution in [3.05, 3.63) is 40.1 Å². The van der Waals surface area contributed by atoms with Gasteiger partial charge >= 0.3 is 0 Å². The number of rotatable bonds is 6. The third-order valence-electron chi connectivity index (χ3n) is 4.07. The SMILES string of the molecule is CCCN1C(=S)NC(c2cc(Cl)ccc2OC(C)C)C(C(C)=O)=C1C.